The number of nitrogens with two attached hydrogens (primary N) is 1. The second-order valence-corrected chi connectivity index (χ2v) is 4.88. The van der Waals surface area contributed by atoms with Crippen molar-refractivity contribution in [3.63, 3.8) is 0 Å². The van der Waals surface area contributed by atoms with Crippen molar-refractivity contribution in [3.05, 3.63) is 41.0 Å². The number of aromatic nitrogens is 2. The van der Waals surface area contributed by atoms with Gasteiger partial charge in [0.25, 0.3) is 0 Å². The zero-order valence-electron chi connectivity index (χ0n) is 11.4. The quantitative estimate of drug-likeness (QED) is 0.649. The summed E-state index contributed by atoms with van der Waals surface area (Å²) in [7, 11) is 0. The fourth-order valence-corrected chi connectivity index (χ4v) is 1.83. The van der Waals surface area contributed by atoms with Gasteiger partial charge >= 0.3 is 0 Å². The maximum absolute atomic E-state index is 5.99. The van der Waals surface area contributed by atoms with Crippen LogP contribution < -0.4 is 16.0 Å². The van der Waals surface area contributed by atoms with Crippen LogP contribution in [-0.4, -0.2) is 9.97 Å². The number of hydrogen-bond acceptors (Lipinski definition) is 5. The van der Waals surface area contributed by atoms with Crippen LogP contribution in [0.1, 0.15) is 31.7 Å². The van der Waals surface area contributed by atoms with E-state index in [1.165, 1.54) is 11.8 Å². The first kappa shape index (κ1) is 14.6. The number of benzene rings is 1. The highest BCUT2D eigenvalue weighted by Crippen LogP contribution is 2.28. The average molecular weight is 293 g/mol. The monoisotopic (exact) mass is 292 g/mol. The van der Waals surface area contributed by atoms with Crippen LogP contribution >= 0.6 is 11.6 Å². The standard InChI is InChI=1S/C14H17ClN4O/c1-3-9(2)10-4-6-11(7-5-10)20-13-12(15)8-17-14(18-13)19-16/h4-9H,3,16H2,1-2H3,(H,17,18,19). The van der Waals surface area contributed by atoms with E-state index in [0.29, 0.717) is 16.7 Å². The zero-order valence-corrected chi connectivity index (χ0v) is 12.2. The molecule has 0 saturated carbocycles. The van der Waals surface area contributed by atoms with Crippen molar-refractivity contribution in [2.24, 2.45) is 5.84 Å². The van der Waals surface area contributed by atoms with E-state index in [4.69, 9.17) is 22.2 Å². The SMILES string of the molecule is CCC(C)c1ccc(Oc2nc(NN)ncc2Cl)cc1. The normalized spacial score (nSPS) is 12.0. The molecule has 0 amide bonds. The lowest BCUT2D eigenvalue weighted by Gasteiger charge is -2.11. The Balaban J connectivity index is 2.17. The summed E-state index contributed by atoms with van der Waals surface area (Å²) in [6, 6.07) is 7.88. The minimum Gasteiger partial charge on any atom is -0.437 e. The molecule has 1 unspecified atom stereocenters. The van der Waals surface area contributed by atoms with Crippen LogP contribution in [0.3, 0.4) is 0 Å². The van der Waals surface area contributed by atoms with Gasteiger partial charge in [-0.1, -0.05) is 37.6 Å². The van der Waals surface area contributed by atoms with Gasteiger partial charge in [-0.2, -0.15) is 4.98 Å². The number of halogens is 1. The molecule has 0 bridgehead atoms. The van der Waals surface area contributed by atoms with Gasteiger partial charge in [-0.05, 0) is 30.0 Å². The van der Waals surface area contributed by atoms with Crippen LogP contribution in [0.2, 0.25) is 5.02 Å². The molecule has 0 spiro atoms. The highest BCUT2D eigenvalue weighted by Gasteiger charge is 2.08. The van der Waals surface area contributed by atoms with E-state index in [9.17, 15) is 0 Å². The fraction of sp³-hybridized carbons (Fsp3) is 0.286. The van der Waals surface area contributed by atoms with E-state index < -0.39 is 0 Å². The van der Waals surface area contributed by atoms with Crippen molar-refractivity contribution in [3.8, 4) is 11.6 Å². The Morgan fingerprint density at radius 2 is 2.05 bits per heavy atom. The summed E-state index contributed by atoms with van der Waals surface area (Å²) in [4.78, 5) is 7.95. The van der Waals surface area contributed by atoms with Gasteiger partial charge < -0.3 is 4.74 Å². The second kappa shape index (κ2) is 6.54. The molecule has 1 atom stereocenters. The highest BCUT2D eigenvalue weighted by atomic mass is 35.5. The Morgan fingerprint density at radius 3 is 2.65 bits per heavy atom. The minimum absolute atomic E-state index is 0.251. The van der Waals surface area contributed by atoms with E-state index in [0.717, 1.165) is 6.42 Å². The van der Waals surface area contributed by atoms with Gasteiger partial charge in [-0.25, -0.2) is 10.8 Å². The summed E-state index contributed by atoms with van der Waals surface area (Å²) in [6.07, 6.45) is 2.54. The van der Waals surface area contributed by atoms with Gasteiger partial charge in [-0.3, -0.25) is 5.43 Å². The molecular formula is C14H17ClN4O. The zero-order chi connectivity index (χ0) is 14.5. The molecule has 3 N–H and O–H groups in total. The number of hydrazine groups is 1. The number of ether oxygens (including phenoxy) is 1. The molecule has 2 aromatic rings. The van der Waals surface area contributed by atoms with E-state index in [-0.39, 0.29) is 11.8 Å². The molecule has 0 aliphatic heterocycles. The summed E-state index contributed by atoms with van der Waals surface area (Å²) in [5.74, 6) is 6.97. The molecule has 1 aromatic carbocycles. The summed E-state index contributed by atoms with van der Waals surface area (Å²) in [5, 5.41) is 0.329. The minimum atomic E-state index is 0.251. The molecule has 0 radical (unpaired) electrons. The molecular weight excluding hydrogens is 276 g/mol. The van der Waals surface area contributed by atoms with Crippen LogP contribution in [0.15, 0.2) is 30.5 Å². The van der Waals surface area contributed by atoms with Crippen LogP contribution in [0.25, 0.3) is 0 Å². The molecule has 6 heteroatoms. The van der Waals surface area contributed by atoms with Gasteiger partial charge in [-0.15, -0.1) is 0 Å². The van der Waals surface area contributed by atoms with Crippen molar-refractivity contribution in [2.75, 3.05) is 5.43 Å². The number of nitrogens with one attached hydrogen (secondary N) is 1. The number of hydrogen-bond donors (Lipinski definition) is 2. The Morgan fingerprint density at radius 1 is 1.35 bits per heavy atom. The molecule has 5 nitrogen and oxygen atoms in total. The topological polar surface area (TPSA) is 73.1 Å². The second-order valence-electron chi connectivity index (χ2n) is 4.47. The van der Waals surface area contributed by atoms with Gasteiger partial charge in [0, 0.05) is 0 Å². The van der Waals surface area contributed by atoms with Crippen molar-refractivity contribution in [2.45, 2.75) is 26.2 Å². The third kappa shape index (κ3) is 3.37. The molecule has 1 aromatic heterocycles. The molecule has 106 valence electrons. The van der Waals surface area contributed by atoms with Crippen molar-refractivity contribution >= 4 is 17.5 Å². The fourth-order valence-electron chi connectivity index (χ4n) is 1.70. The Kier molecular flexibility index (Phi) is 4.76. The molecule has 1 heterocycles. The molecule has 0 aliphatic carbocycles. The molecule has 20 heavy (non-hydrogen) atoms. The van der Waals surface area contributed by atoms with Crippen molar-refractivity contribution in [1.29, 1.82) is 0 Å². The molecule has 0 aliphatic rings. The van der Waals surface area contributed by atoms with Crippen LogP contribution in [0, 0.1) is 0 Å². The maximum Gasteiger partial charge on any atom is 0.243 e. The summed E-state index contributed by atoms with van der Waals surface area (Å²) in [5.41, 5.74) is 3.63. The van der Waals surface area contributed by atoms with E-state index in [2.05, 4.69) is 29.2 Å². The smallest absolute Gasteiger partial charge is 0.243 e. The highest BCUT2D eigenvalue weighted by molar-refractivity contribution is 6.31. The summed E-state index contributed by atoms with van der Waals surface area (Å²) >= 11 is 5.99. The lowest BCUT2D eigenvalue weighted by atomic mass is 9.99. The van der Waals surface area contributed by atoms with Crippen molar-refractivity contribution in [1.82, 2.24) is 9.97 Å². The number of anilines is 1. The first-order valence-corrected chi connectivity index (χ1v) is 6.78. The lowest BCUT2D eigenvalue weighted by Crippen LogP contribution is -2.10. The predicted octanol–water partition coefficient (Wildman–Crippen LogP) is 3.72. The van der Waals surface area contributed by atoms with Crippen molar-refractivity contribution < 1.29 is 4.74 Å². The third-order valence-electron chi connectivity index (χ3n) is 3.12. The Hall–Kier alpha value is -1.85. The number of rotatable bonds is 5. The van der Waals surface area contributed by atoms with E-state index >= 15 is 0 Å². The Labute approximate surface area is 123 Å². The number of nitrogens with zero attached hydrogens (tertiary/aromatic N) is 2. The maximum atomic E-state index is 5.99. The van der Waals surface area contributed by atoms with Crippen LogP contribution in [-0.2, 0) is 0 Å². The van der Waals surface area contributed by atoms with Crippen LogP contribution in [0.5, 0.6) is 11.6 Å². The largest absolute Gasteiger partial charge is 0.437 e. The predicted molar refractivity (Wildman–Crippen MR) is 80.1 cm³/mol. The Bertz CT molecular complexity index is 574. The molecule has 0 fully saturated rings. The molecule has 2 rings (SSSR count). The third-order valence-corrected chi connectivity index (χ3v) is 3.38. The lowest BCUT2D eigenvalue weighted by molar-refractivity contribution is 0.462. The summed E-state index contributed by atoms with van der Waals surface area (Å²) in [6.45, 7) is 4.35. The van der Waals surface area contributed by atoms with E-state index in [1.807, 2.05) is 24.3 Å². The van der Waals surface area contributed by atoms with Gasteiger partial charge in [0.2, 0.25) is 11.8 Å². The van der Waals surface area contributed by atoms with Crippen LogP contribution in [0.4, 0.5) is 5.95 Å². The molecule has 0 saturated heterocycles. The van der Waals surface area contributed by atoms with Gasteiger partial charge in [0.15, 0.2) is 0 Å². The van der Waals surface area contributed by atoms with E-state index in [1.54, 1.807) is 0 Å². The first-order valence-electron chi connectivity index (χ1n) is 6.41. The average Bonchev–Trinajstić information content (AvgIpc) is 2.49. The number of nitrogen functional groups attached to an aromatic ring is 1. The first-order chi connectivity index (χ1) is 9.63. The summed E-state index contributed by atoms with van der Waals surface area (Å²) < 4.78 is 5.64. The van der Waals surface area contributed by atoms with Gasteiger partial charge in [0.1, 0.15) is 10.8 Å². The van der Waals surface area contributed by atoms with Gasteiger partial charge in [0.05, 0.1) is 6.20 Å².